The Kier molecular flexibility index (Phi) is 4.48. The van der Waals surface area contributed by atoms with Gasteiger partial charge in [0.1, 0.15) is 5.82 Å². The van der Waals surface area contributed by atoms with Gasteiger partial charge in [0.2, 0.25) is 5.88 Å². The number of nitrogens with two attached hydrogens (primary N) is 1. The van der Waals surface area contributed by atoms with E-state index in [0.717, 1.165) is 31.9 Å². The fourth-order valence-electron chi connectivity index (χ4n) is 3.30. The van der Waals surface area contributed by atoms with E-state index in [9.17, 15) is 0 Å². The Morgan fingerprint density at radius 3 is 3.05 bits per heavy atom. The Morgan fingerprint density at radius 1 is 1.29 bits per heavy atom. The van der Waals surface area contributed by atoms with Gasteiger partial charge in [-0.05, 0) is 37.9 Å². The van der Waals surface area contributed by atoms with E-state index in [1.165, 1.54) is 25.8 Å². The number of ether oxygens (including phenoxy) is 1. The first-order valence-corrected chi connectivity index (χ1v) is 8.16. The summed E-state index contributed by atoms with van der Waals surface area (Å²) in [6.45, 7) is 7.27. The quantitative estimate of drug-likeness (QED) is 0.920. The average Bonchev–Trinajstić information content (AvgIpc) is 2.53. The lowest BCUT2D eigenvalue weighted by Crippen LogP contribution is -2.55. The number of rotatable bonds is 4. The minimum absolute atomic E-state index is 0.584. The lowest BCUT2D eigenvalue weighted by molar-refractivity contribution is 0.133. The van der Waals surface area contributed by atoms with Gasteiger partial charge in [-0.1, -0.05) is 13.3 Å². The van der Waals surface area contributed by atoms with Crippen LogP contribution in [0.3, 0.4) is 0 Å². The van der Waals surface area contributed by atoms with Crippen molar-refractivity contribution in [3.63, 3.8) is 0 Å². The number of hydrogen-bond acceptors (Lipinski definition) is 5. The van der Waals surface area contributed by atoms with E-state index in [0.29, 0.717) is 24.2 Å². The van der Waals surface area contributed by atoms with Crippen LogP contribution in [0.15, 0.2) is 12.1 Å². The molecule has 1 unspecified atom stereocenters. The third kappa shape index (κ3) is 3.23. The highest BCUT2D eigenvalue weighted by molar-refractivity contribution is 5.54. The topological polar surface area (TPSA) is 54.6 Å². The molecule has 1 atom stereocenters. The van der Waals surface area contributed by atoms with E-state index in [1.807, 2.05) is 12.1 Å². The van der Waals surface area contributed by atoms with Crippen LogP contribution < -0.4 is 15.4 Å². The molecule has 2 aliphatic heterocycles. The molecule has 2 saturated heterocycles. The summed E-state index contributed by atoms with van der Waals surface area (Å²) in [6.07, 6.45) is 4.98. The summed E-state index contributed by atoms with van der Waals surface area (Å²) in [6, 6.07) is 4.62. The number of fused-ring (bicyclic) bond motifs is 1. The number of aromatic nitrogens is 1. The predicted octanol–water partition coefficient (Wildman–Crippen LogP) is 2.13. The normalized spacial score (nSPS) is 22.9. The van der Waals surface area contributed by atoms with Crippen molar-refractivity contribution >= 4 is 11.5 Å². The van der Waals surface area contributed by atoms with E-state index in [1.54, 1.807) is 0 Å². The van der Waals surface area contributed by atoms with Gasteiger partial charge in [0.05, 0.1) is 12.3 Å². The summed E-state index contributed by atoms with van der Waals surface area (Å²) < 4.78 is 5.65. The molecule has 2 fully saturated rings. The third-order valence-electron chi connectivity index (χ3n) is 4.48. The van der Waals surface area contributed by atoms with Crippen molar-refractivity contribution in [1.29, 1.82) is 0 Å². The average molecular weight is 290 g/mol. The van der Waals surface area contributed by atoms with Crippen molar-refractivity contribution in [2.45, 2.75) is 38.6 Å². The van der Waals surface area contributed by atoms with Crippen LogP contribution >= 0.6 is 0 Å². The highest BCUT2D eigenvalue weighted by atomic mass is 16.5. The first-order valence-electron chi connectivity index (χ1n) is 8.16. The zero-order chi connectivity index (χ0) is 14.7. The van der Waals surface area contributed by atoms with Crippen LogP contribution in [0.1, 0.15) is 32.6 Å². The molecular weight excluding hydrogens is 264 g/mol. The molecule has 3 rings (SSSR count). The fourth-order valence-corrected chi connectivity index (χ4v) is 3.30. The second-order valence-electron chi connectivity index (χ2n) is 6.04. The molecule has 5 nitrogen and oxygen atoms in total. The number of piperazine rings is 1. The van der Waals surface area contributed by atoms with Crippen molar-refractivity contribution in [1.82, 2.24) is 9.88 Å². The first-order chi connectivity index (χ1) is 10.3. The van der Waals surface area contributed by atoms with Gasteiger partial charge in [0.15, 0.2) is 0 Å². The highest BCUT2D eigenvalue weighted by Gasteiger charge is 2.29. The molecule has 0 radical (unpaired) electrons. The Morgan fingerprint density at radius 2 is 2.19 bits per heavy atom. The number of piperidine rings is 1. The van der Waals surface area contributed by atoms with Crippen LogP contribution in [0.25, 0.3) is 0 Å². The zero-order valence-electron chi connectivity index (χ0n) is 12.9. The zero-order valence-corrected chi connectivity index (χ0v) is 12.9. The molecule has 0 aromatic carbocycles. The Hall–Kier alpha value is -1.49. The van der Waals surface area contributed by atoms with Gasteiger partial charge in [0, 0.05) is 25.7 Å². The summed E-state index contributed by atoms with van der Waals surface area (Å²) in [7, 11) is 0. The van der Waals surface area contributed by atoms with Crippen molar-refractivity contribution in [2.24, 2.45) is 0 Å². The van der Waals surface area contributed by atoms with Crippen molar-refractivity contribution < 1.29 is 4.74 Å². The fraction of sp³-hybridized carbons (Fsp3) is 0.688. The largest absolute Gasteiger partial charge is 0.476 e. The summed E-state index contributed by atoms with van der Waals surface area (Å²) in [5, 5.41) is 0. The van der Waals surface area contributed by atoms with Gasteiger partial charge in [0.25, 0.3) is 0 Å². The molecule has 0 aliphatic carbocycles. The molecule has 2 N–H and O–H groups in total. The number of anilines is 2. The summed E-state index contributed by atoms with van der Waals surface area (Å²) in [5.74, 6) is 1.58. The van der Waals surface area contributed by atoms with E-state index < -0.39 is 0 Å². The molecule has 0 saturated carbocycles. The molecule has 5 heteroatoms. The molecule has 1 aromatic heterocycles. The van der Waals surface area contributed by atoms with Gasteiger partial charge in [-0.3, -0.25) is 4.90 Å². The summed E-state index contributed by atoms with van der Waals surface area (Å²) in [4.78, 5) is 9.64. The van der Waals surface area contributed by atoms with Gasteiger partial charge < -0.3 is 15.4 Å². The Bertz CT molecular complexity index is 479. The molecular formula is C16H26N4O. The Balaban J connectivity index is 1.71. The predicted molar refractivity (Wildman–Crippen MR) is 85.9 cm³/mol. The molecule has 21 heavy (non-hydrogen) atoms. The monoisotopic (exact) mass is 290 g/mol. The standard InChI is InChI=1S/C16H26N4O/c1-2-11-21-16-14(17)6-7-15(18-16)20-10-9-19-8-4-3-5-13(19)12-20/h6-7,13H,2-5,8-12,17H2,1H3. The first kappa shape index (κ1) is 14.4. The van der Waals surface area contributed by atoms with Gasteiger partial charge in [-0.2, -0.15) is 4.98 Å². The smallest absolute Gasteiger partial charge is 0.239 e. The highest BCUT2D eigenvalue weighted by Crippen LogP contribution is 2.27. The number of hydrogen-bond donors (Lipinski definition) is 1. The van der Waals surface area contributed by atoms with Crippen LogP contribution in [0.2, 0.25) is 0 Å². The second-order valence-corrected chi connectivity index (χ2v) is 6.04. The molecule has 1 aromatic rings. The Labute approximate surface area is 127 Å². The van der Waals surface area contributed by atoms with Crippen molar-refractivity contribution in [3.8, 4) is 5.88 Å². The van der Waals surface area contributed by atoms with Crippen molar-refractivity contribution in [3.05, 3.63) is 12.1 Å². The molecule has 0 spiro atoms. The van der Waals surface area contributed by atoms with E-state index >= 15 is 0 Å². The van der Waals surface area contributed by atoms with Gasteiger partial charge >= 0.3 is 0 Å². The number of nitrogen functional groups attached to an aromatic ring is 1. The maximum Gasteiger partial charge on any atom is 0.239 e. The van der Waals surface area contributed by atoms with Crippen molar-refractivity contribution in [2.75, 3.05) is 43.4 Å². The molecule has 0 bridgehead atoms. The van der Waals surface area contributed by atoms with Gasteiger partial charge in [-0.15, -0.1) is 0 Å². The molecule has 116 valence electrons. The van der Waals surface area contributed by atoms with E-state index in [-0.39, 0.29) is 0 Å². The lowest BCUT2D eigenvalue weighted by atomic mass is 9.99. The summed E-state index contributed by atoms with van der Waals surface area (Å²) >= 11 is 0. The second kappa shape index (κ2) is 6.52. The van der Waals surface area contributed by atoms with Crippen LogP contribution in [-0.4, -0.2) is 48.7 Å². The summed E-state index contributed by atoms with van der Waals surface area (Å²) in [5.41, 5.74) is 6.58. The minimum Gasteiger partial charge on any atom is -0.476 e. The lowest BCUT2D eigenvalue weighted by Gasteiger charge is -2.44. The van der Waals surface area contributed by atoms with Crippen LogP contribution in [0.5, 0.6) is 5.88 Å². The van der Waals surface area contributed by atoms with E-state index in [2.05, 4.69) is 21.7 Å². The molecule has 2 aliphatic rings. The maximum absolute atomic E-state index is 5.95. The number of pyridine rings is 1. The van der Waals surface area contributed by atoms with Crippen LogP contribution in [0.4, 0.5) is 11.5 Å². The third-order valence-corrected chi connectivity index (χ3v) is 4.48. The molecule has 0 amide bonds. The van der Waals surface area contributed by atoms with Gasteiger partial charge in [-0.25, -0.2) is 0 Å². The van der Waals surface area contributed by atoms with E-state index in [4.69, 9.17) is 10.5 Å². The maximum atomic E-state index is 5.95. The number of nitrogens with zero attached hydrogens (tertiary/aromatic N) is 3. The molecule has 3 heterocycles. The van der Waals surface area contributed by atoms with Crippen LogP contribution in [0, 0.1) is 0 Å². The SMILES string of the molecule is CCCOc1nc(N2CCN3CCCCC3C2)ccc1N. The van der Waals surface area contributed by atoms with Crippen LogP contribution in [-0.2, 0) is 0 Å². The minimum atomic E-state index is 0.584.